The van der Waals surface area contributed by atoms with Gasteiger partial charge in [-0.1, -0.05) is 12.1 Å². The van der Waals surface area contributed by atoms with Gasteiger partial charge in [0.2, 0.25) is 0 Å². The number of fused-ring (bicyclic) bond motifs is 3. The van der Waals surface area contributed by atoms with Gasteiger partial charge in [0.05, 0.1) is 17.9 Å². The fraction of sp³-hybridized carbons (Fsp3) is 0.211. The Kier molecular flexibility index (Phi) is 5.22. The molecule has 1 aromatic carbocycles. The van der Waals surface area contributed by atoms with Gasteiger partial charge in [0.25, 0.3) is 5.56 Å². The Labute approximate surface area is 174 Å². The second-order valence-corrected chi connectivity index (χ2v) is 6.86. The van der Waals surface area contributed by atoms with E-state index in [4.69, 9.17) is 4.74 Å². The van der Waals surface area contributed by atoms with Crippen LogP contribution in [0.2, 0.25) is 0 Å². The summed E-state index contributed by atoms with van der Waals surface area (Å²) in [4.78, 5) is 24.3. The van der Waals surface area contributed by atoms with Crippen LogP contribution in [-0.4, -0.2) is 48.3 Å². The maximum Gasteiger partial charge on any atom is 0.327 e. The van der Waals surface area contributed by atoms with E-state index in [0.29, 0.717) is 28.0 Å². The van der Waals surface area contributed by atoms with E-state index in [2.05, 4.69) is 27.9 Å². The quantitative estimate of drug-likeness (QED) is 0.451. The summed E-state index contributed by atoms with van der Waals surface area (Å²) in [6.45, 7) is 0.162. The van der Waals surface area contributed by atoms with Crippen LogP contribution in [0.5, 0.6) is 0 Å². The van der Waals surface area contributed by atoms with E-state index in [0.717, 1.165) is 4.57 Å². The number of ether oxygens (including phenoxy) is 1. The van der Waals surface area contributed by atoms with Gasteiger partial charge in [-0.25, -0.2) is 13.7 Å². The van der Waals surface area contributed by atoms with Crippen molar-refractivity contribution in [1.29, 1.82) is 0 Å². The van der Waals surface area contributed by atoms with Crippen LogP contribution >= 0.6 is 12.6 Å². The molecule has 154 valence electrons. The SMILES string of the molecule is COCc1nn2c(nnc3c(=O)n([C@H](CS)C(=O)O)ccc32)c1-c1ccc(F)cc1. The number of hydrogen-bond acceptors (Lipinski definition) is 7. The predicted octanol–water partition coefficient (Wildman–Crippen LogP) is 1.95. The Morgan fingerprint density at radius 1 is 1.27 bits per heavy atom. The lowest BCUT2D eigenvalue weighted by Gasteiger charge is -2.13. The molecule has 0 fully saturated rings. The van der Waals surface area contributed by atoms with E-state index >= 15 is 0 Å². The van der Waals surface area contributed by atoms with Crippen LogP contribution in [-0.2, 0) is 16.1 Å². The first-order valence-corrected chi connectivity index (χ1v) is 9.47. The molecule has 0 spiro atoms. The molecule has 4 aromatic rings. The second-order valence-electron chi connectivity index (χ2n) is 6.50. The molecule has 4 rings (SSSR count). The molecule has 0 aliphatic carbocycles. The van der Waals surface area contributed by atoms with Crippen molar-refractivity contribution < 1.29 is 19.0 Å². The highest BCUT2D eigenvalue weighted by molar-refractivity contribution is 7.80. The number of halogens is 1. The van der Waals surface area contributed by atoms with Crippen LogP contribution in [0.1, 0.15) is 11.7 Å². The summed E-state index contributed by atoms with van der Waals surface area (Å²) in [5.74, 6) is -1.62. The number of carbonyl (C=O) groups is 1. The summed E-state index contributed by atoms with van der Waals surface area (Å²) in [6, 6.07) is 6.26. The second kappa shape index (κ2) is 7.84. The number of aliphatic carboxylic acids is 1. The zero-order valence-corrected chi connectivity index (χ0v) is 16.6. The third kappa shape index (κ3) is 3.21. The Morgan fingerprint density at radius 2 is 2.00 bits per heavy atom. The molecular formula is C19H16FN5O4S. The highest BCUT2D eigenvalue weighted by Gasteiger charge is 2.23. The van der Waals surface area contributed by atoms with E-state index in [9.17, 15) is 19.1 Å². The summed E-state index contributed by atoms with van der Waals surface area (Å²) in [6.07, 6.45) is 1.37. The van der Waals surface area contributed by atoms with Crippen molar-refractivity contribution in [2.45, 2.75) is 12.6 Å². The molecule has 3 aromatic heterocycles. The molecule has 0 aliphatic heterocycles. The molecule has 1 atom stereocenters. The van der Waals surface area contributed by atoms with Crippen LogP contribution < -0.4 is 5.56 Å². The van der Waals surface area contributed by atoms with Crippen LogP contribution in [0.15, 0.2) is 41.3 Å². The Bertz CT molecular complexity index is 1320. The summed E-state index contributed by atoms with van der Waals surface area (Å²) in [5, 5.41) is 22.1. The van der Waals surface area contributed by atoms with Gasteiger partial charge < -0.3 is 9.84 Å². The van der Waals surface area contributed by atoms with E-state index in [1.807, 2.05) is 0 Å². The minimum absolute atomic E-state index is 0.0323. The van der Waals surface area contributed by atoms with Crippen LogP contribution in [0.3, 0.4) is 0 Å². The fourth-order valence-electron chi connectivity index (χ4n) is 3.29. The van der Waals surface area contributed by atoms with Gasteiger partial charge in [-0.2, -0.15) is 17.7 Å². The van der Waals surface area contributed by atoms with Crippen LogP contribution in [0.4, 0.5) is 4.39 Å². The summed E-state index contributed by atoms with van der Waals surface area (Å²) < 4.78 is 21.1. The standard InChI is InChI=1S/C19H16FN5O4S/c1-29-8-12-15(10-2-4-11(20)5-3-10)17-22-21-16-13(25(17)23-12)6-7-24(18(16)26)14(9-30)19(27)28/h2-7,14,30H,8-9H2,1H3,(H,27,28)/t14-/m1/s1. The van der Waals surface area contributed by atoms with Crippen molar-refractivity contribution in [2.75, 3.05) is 12.9 Å². The first kappa shape index (κ1) is 20.0. The maximum absolute atomic E-state index is 13.4. The maximum atomic E-state index is 13.4. The van der Waals surface area contributed by atoms with Gasteiger partial charge in [0.15, 0.2) is 11.2 Å². The molecule has 11 heteroatoms. The Hall–Kier alpha value is -3.31. The van der Waals surface area contributed by atoms with E-state index in [1.165, 1.54) is 30.0 Å². The molecule has 1 N–H and O–H groups in total. The average Bonchev–Trinajstić information content (AvgIpc) is 3.09. The van der Waals surface area contributed by atoms with Gasteiger partial charge in [0, 0.05) is 19.1 Å². The molecule has 3 heterocycles. The lowest BCUT2D eigenvalue weighted by molar-refractivity contribution is -0.140. The summed E-state index contributed by atoms with van der Waals surface area (Å²) >= 11 is 4.02. The fourth-order valence-corrected chi connectivity index (χ4v) is 3.62. The first-order valence-electron chi connectivity index (χ1n) is 8.84. The van der Waals surface area contributed by atoms with Crippen molar-refractivity contribution in [3.8, 4) is 11.1 Å². The Balaban J connectivity index is 2.00. The lowest BCUT2D eigenvalue weighted by Crippen LogP contribution is -2.31. The number of carboxylic acid groups (broad SMARTS) is 1. The number of pyridine rings is 1. The zero-order chi connectivity index (χ0) is 21.4. The molecule has 0 bridgehead atoms. The zero-order valence-electron chi connectivity index (χ0n) is 15.7. The van der Waals surface area contributed by atoms with Crippen LogP contribution in [0.25, 0.3) is 27.8 Å². The highest BCUT2D eigenvalue weighted by Crippen LogP contribution is 2.29. The lowest BCUT2D eigenvalue weighted by atomic mass is 10.1. The van der Waals surface area contributed by atoms with Crippen LogP contribution in [0, 0.1) is 5.82 Å². The number of carboxylic acids is 1. The largest absolute Gasteiger partial charge is 0.480 e. The third-order valence-electron chi connectivity index (χ3n) is 4.69. The topological polar surface area (TPSA) is 112 Å². The Morgan fingerprint density at radius 3 is 2.63 bits per heavy atom. The number of nitrogens with zero attached hydrogens (tertiary/aromatic N) is 5. The number of hydrogen-bond donors (Lipinski definition) is 2. The monoisotopic (exact) mass is 429 g/mol. The molecule has 0 amide bonds. The summed E-state index contributed by atoms with van der Waals surface area (Å²) in [7, 11) is 1.52. The van der Waals surface area contributed by atoms with E-state index in [-0.39, 0.29) is 23.7 Å². The van der Waals surface area contributed by atoms with E-state index in [1.54, 1.807) is 18.2 Å². The van der Waals surface area contributed by atoms with E-state index < -0.39 is 17.6 Å². The third-order valence-corrected chi connectivity index (χ3v) is 5.03. The van der Waals surface area contributed by atoms with Gasteiger partial charge in [-0.05, 0) is 23.8 Å². The molecule has 0 unspecified atom stereocenters. The highest BCUT2D eigenvalue weighted by atomic mass is 32.1. The van der Waals surface area contributed by atoms with Gasteiger partial charge in [-0.15, -0.1) is 10.2 Å². The predicted molar refractivity (Wildman–Crippen MR) is 109 cm³/mol. The molecule has 0 saturated carbocycles. The smallest absolute Gasteiger partial charge is 0.327 e. The van der Waals surface area contributed by atoms with Crippen molar-refractivity contribution >= 4 is 35.3 Å². The number of aromatic nitrogens is 5. The minimum atomic E-state index is -1.18. The molecular weight excluding hydrogens is 413 g/mol. The van der Waals surface area contributed by atoms with Crippen molar-refractivity contribution in [2.24, 2.45) is 0 Å². The molecule has 0 saturated heterocycles. The molecule has 0 aliphatic rings. The van der Waals surface area contributed by atoms with Gasteiger partial charge >= 0.3 is 5.97 Å². The average molecular weight is 429 g/mol. The van der Waals surface area contributed by atoms with Gasteiger partial charge in [-0.3, -0.25) is 9.36 Å². The summed E-state index contributed by atoms with van der Waals surface area (Å²) in [5.41, 5.74) is 1.88. The number of benzene rings is 1. The normalized spacial score (nSPS) is 12.5. The van der Waals surface area contributed by atoms with Crippen molar-refractivity contribution in [3.05, 3.63) is 58.4 Å². The number of rotatable bonds is 6. The van der Waals surface area contributed by atoms with Crippen molar-refractivity contribution in [3.63, 3.8) is 0 Å². The number of thiol groups is 1. The minimum Gasteiger partial charge on any atom is -0.480 e. The molecule has 9 nitrogen and oxygen atoms in total. The molecule has 30 heavy (non-hydrogen) atoms. The van der Waals surface area contributed by atoms with Crippen molar-refractivity contribution in [1.82, 2.24) is 24.4 Å². The number of methoxy groups -OCH3 is 1. The van der Waals surface area contributed by atoms with Gasteiger partial charge in [0.1, 0.15) is 17.4 Å². The first-order chi connectivity index (χ1) is 14.5. The molecule has 0 radical (unpaired) electrons.